The Morgan fingerprint density at radius 1 is 0.824 bits per heavy atom. The van der Waals surface area contributed by atoms with E-state index in [1.165, 1.54) is 19.3 Å². The Morgan fingerprint density at radius 2 is 1.44 bits per heavy atom. The molecule has 0 aromatic heterocycles. The van der Waals surface area contributed by atoms with Crippen molar-refractivity contribution in [3.05, 3.63) is 71.8 Å². The van der Waals surface area contributed by atoms with E-state index in [-0.39, 0.29) is 37.7 Å². The molecule has 1 atom stereocenters. The molecule has 0 heterocycles. The van der Waals surface area contributed by atoms with Crippen LogP contribution >= 0.6 is 0 Å². The topological polar surface area (TPSA) is 84.5 Å². The number of benzene rings is 2. The summed E-state index contributed by atoms with van der Waals surface area (Å²) in [6, 6.07) is 18.0. The van der Waals surface area contributed by atoms with E-state index in [9.17, 15) is 14.4 Å². The second-order valence-corrected chi connectivity index (χ2v) is 8.53. The summed E-state index contributed by atoms with van der Waals surface area (Å²) in [4.78, 5) is 37.6. The fraction of sp³-hybridized carbons (Fsp3) is 0.464. The van der Waals surface area contributed by atoms with E-state index in [2.05, 4.69) is 17.6 Å². The lowest BCUT2D eigenvalue weighted by atomic mass is 10.1. The summed E-state index contributed by atoms with van der Waals surface area (Å²) in [7, 11) is 0. The van der Waals surface area contributed by atoms with Crippen LogP contribution in [-0.4, -0.2) is 30.4 Å². The van der Waals surface area contributed by atoms with Crippen LogP contribution in [0, 0.1) is 0 Å². The minimum Gasteiger partial charge on any atom is -0.461 e. The molecule has 0 aliphatic heterocycles. The minimum absolute atomic E-state index is 0.0492. The molecular formula is C28H38N2O4. The molecule has 0 aliphatic rings. The Bertz CT molecular complexity index is 855. The average molecular weight is 467 g/mol. The van der Waals surface area contributed by atoms with Gasteiger partial charge in [0.1, 0.15) is 12.6 Å². The Kier molecular flexibility index (Phi) is 13.1. The van der Waals surface area contributed by atoms with Crippen molar-refractivity contribution in [2.45, 2.75) is 77.4 Å². The number of hydrogen-bond acceptors (Lipinski definition) is 4. The molecule has 0 aliphatic carbocycles. The lowest BCUT2D eigenvalue weighted by Crippen LogP contribution is -2.47. The van der Waals surface area contributed by atoms with Gasteiger partial charge in [-0.15, -0.1) is 0 Å². The van der Waals surface area contributed by atoms with E-state index in [1.807, 2.05) is 60.7 Å². The molecule has 34 heavy (non-hydrogen) atoms. The normalized spacial score (nSPS) is 11.4. The zero-order valence-electron chi connectivity index (χ0n) is 20.3. The number of esters is 1. The zero-order chi connectivity index (χ0) is 24.4. The van der Waals surface area contributed by atoms with Crippen molar-refractivity contribution in [1.29, 1.82) is 0 Å². The first-order valence-corrected chi connectivity index (χ1v) is 12.4. The molecule has 2 aromatic rings. The third-order valence-corrected chi connectivity index (χ3v) is 5.57. The van der Waals surface area contributed by atoms with Crippen molar-refractivity contribution in [2.75, 3.05) is 6.54 Å². The molecule has 0 unspecified atom stereocenters. The van der Waals surface area contributed by atoms with Crippen LogP contribution in [0.15, 0.2) is 60.7 Å². The number of rotatable bonds is 16. The molecule has 0 saturated heterocycles. The zero-order valence-corrected chi connectivity index (χ0v) is 20.3. The highest BCUT2D eigenvalue weighted by atomic mass is 16.5. The Labute approximate surface area is 203 Å². The summed E-state index contributed by atoms with van der Waals surface area (Å²) in [5, 5.41) is 5.72. The maximum atomic E-state index is 12.8. The summed E-state index contributed by atoms with van der Waals surface area (Å²) >= 11 is 0. The van der Waals surface area contributed by atoms with Crippen LogP contribution < -0.4 is 10.6 Å². The highest BCUT2D eigenvalue weighted by molar-refractivity contribution is 5.88. The number of unbranched alkanes of at least 4 members (excludes halogenated alkanes) is 5. The molecule has 0 bridgehead atoms. The fourth-order valence-electron chi connectivity index (χ4n) is 3.61. The Hall–Kier alpha value is -3.15. The van der Waals surface area contributed by atoms with Crippen molar-refractivity contribution in [3.63, 3.8) is 0 Å². The lowest BCUT2D eigenvalue weighted by Gasteiger charge is -2.18. The van der Waals surface area contributed by atoms with Crippen LogP contribution in [0.5, 0.6) is 0 Å². The van der Waals surface area contributed by atoms with E-state index in [0.717, 1.165) is 30.4 Å². The summed E-state index contributed by atoms with van der Waals surface area (Å²) in [5.41, 5.74) is 1.77. The summed E-state index contributed by atoms with van der Waals surface area (Å²) in [5.74, 6) is -0.899. The maximum Gasteiger partial charge on any atom is 0.306 e. The van der Waals surface area contributed by atoms with Crippen LogP contribution in [0.25, 0.3) is 0 Å². The van der Waals surface area contributed by atoms with Gasteiger partial charge in [0.25, 0.3) is 0 Å². The summed E-state index contributed by atoms with van der Waals surface area (Å²) in [6.07, 6.45) is 7.21. The average Bonchev–Trinajstić information content (AvgIpc) is 2.85. The highest BCUT2D eigenvalue weighted by Crippen LogP contribution is 2.07. The predicted molar refractivity (Wildman–Crippen MR) is 134 cm³/mol. The van der Waals surface area contributed by atoms with Crippen LogP contribution in [0.3, 0.4) is 0 Å². The number of ether oxygens (including phenoxy) is 1. The van der Waals surface area contributed by atoms with Crippen molar-refractivity contribution >= 4 is 17.8 Å². The molecule has 2 amide bonds. The molecule has 2 N–H and O–H groups in total. The minimum atomic E-state index is -0.777. The number of nitrogens with one attached hydrogen (secondary N) is 2. The van der Waals surface area contributed by atoms with Gasteiger partial charge in [0, 0.05) is 13.0 Å². The van der Waals surface area contributed by atoms with E-state index in [1.54, 1.807) is 0 Å². The van der Waals surface area contributed by atoms with Crippen molar-refractivity contribution in [2.24, 2.45) is 0 Å². The largest absolute Gasteiger partial charge is 0.461 e. The molecule has 6 nitrogen and oxygen atoms in total. The first kappa shape index (κ1) is 27.1. The van der Waals surface area contributed by atoms with Crippen LogP contribution in [-0.2, 0) is 32.1 Å². The molecule has 0 fully saturated rings. The maximum absolute atomic E-state index is 12.8. The third kappa shape index (κ3) is 11.6. The van der Waals surface area contributed by atoms with Crippen LogP contribution in [0.4, 0.5) is 0 Å². The van der Waals surface area contributed by atoms with Gasteiger partial charge in [-0.1, -0.05) is 99.7 Å². The first-order chi connectivity index (χ1) is 16.6. The molecule has 2 aromatic carbocycles. The SMILES string of the molecule is CCCCCCCCNC(=O)[C@@H](CCC(=O)OCc1ccccc1)NC(=O)Cc1ccccc1. The van der Waals surface area contributed by atoms with Gasteiger partial charge < -0.3 is 15.4 Å². The number of amides is 2. The van der Waals surface area contributed by atoms with Crippen molar-refractivity contribution < 1.29 is 19.1 Å². The smallest absolute Gasteiger partial charge is 0.306 e. The first-order valence-electron chi connectivity index (χ1n) is 12.4. The number of hydrogen-bond donors (Lipinski definition) is 2. The molecule has 0 spiro atoms. The quantitative estimate of drug-likeness (QED) is 0.277. The van der Waals surface area contributed by atoms with Gasteiger partial charge in [-0.05, 0) is 24.0 Å². The number of carbonyl (C=O) groups excluding carboxylic acids is 3. The molecular weight excluding hydrogens is 428 g/mol. The fourth-order valence-corrected chi connectivity index (χ4v) is 3.61. The van der Waals surface area contributed by atoms with E-state index in [4.69, 9.17) is 4.74 Å². The highest BCUT2D eigenvalue weighted by Gasteiger charge is 2.22. The van der Waals surface area contributed by atoms with Gasteiger partial charge in [0.15, 0.2) is 0 Å². The van der Waals surface area contributed by atoms with Crippen LogP contribution in [0.1, 0.15) is 69.4 Å². The van der Waals surface area contributed by atoms with Gasteiger partial charge in [0.2, 0.25) is 11.8 Å². The van der Waals surface area contributed by atoms with Gasteiger partial charge in [-0.2, -0.15) is 0 Å². The summed E-state index contributed by atoms with van der Waals surface area (Å²) in [6.45, 7) is 2.94. The van der Waals surface area contributed by atoms with Gasteiger partial charge in [-0.3, -0.25) is 14.4 Å². The molecule has 184 valence electrons. The van der Waals surface area contributed by atoms with E-state index in [0.29, 0.717) is 6.54 Å². The Morgan fingerprint density at radius 3 is 2.12 bits per heavy atom. The van der Waals surface area contributed by atoms with E-state index >= 15 is 0 Å². The lowest BCUT2D eigenvalue weighted by molar-refractivity contribution is -0.145. The van der Waals surface area contributed by atoms with Gasteiger partial charge in [-0.25, -0.2) is 0 Å². The molecule has 0 saturated carbocycles. The number of carbonyl (C=O) groups is 3. The van der Waals surface area contributed by atoms with Gasteiger partial charge in [0.05, 0.1) is 6.42 Å². The monoisotopic (exact) mass is 466 g/mol. The second-order valence-electron chi connectivity index (χ2n) is 8.53. The second kappa shape index (κ2) is 16.5. The molecule has 0 radical (unpaired) electrons. The standard InChI is InChI=1S/C28H38N2O4/c1-2-3-4-5-6-13-20-29-28(33)25(30-26(31)21-23-14-9-7-10-15-23)18-19-27(32)34-22-24-16-11-8-12-17-24/h7-12,14-17,25H,2-6,13,18-22H2,1H3,(H,29,33)(H,30,31)/t25-/m1/s1. The van der Waals surface area contributed by atoms with Gasteiger partial charge >= 0.3 is 5.97 Å². The summed E-state index contributed by atoms with van der Waals surface area (Å²) < 4.78 is 5.32. The van der Waals surface area contributed by atoms with Crippen molar-refractivity contribution in [3.8, 4) is 0 Å². The predicted octanol–water partition coefficient (Wildman–Crippen LogP) is 4.71. The molecule has 2 rings (SSSR count). The van der Waals surface area contributed by atoms with Crippen LogP contribution in [0.2, 0.25) is 0 Å². The van der Waals surface area contributed by atoms with Crippen molar-refractivity contribution in [1.82, 2.24) is 10.6 Å². The molecule has 6 heteroatoms. The van der Waals surface area contributed by atoms with E-state index < -0.39 is 12.0 Å². The Balaban J connectivity index is 1.82. The third-order valence-electron chi connectivity index (χ3n) is 5.57.